The van der Waals surface area contributed by atoms with Crippen molar-refractivity contribution >= 4 is 39.2 Å². The lowest BCUT2D eigenvalue weighted by Crippen LogP contribution is -2.05. The zero-order chi connectivity index (χ0) is 22.4. The van der Waals surface area contributed by atoms with E-state index in [1.807, 2.05) is 13.0 Å². The Morgan fingerprint density at radius 2 is 1.81 bits per heavy atom. The van der Waals surface area contributed by atoms with Gasteiger partial charge in [-0.05, 0) is 60.5 Å². The average Bonchev–Trinajstić information content (AvgIpc) is 2.74. The van der Waals surface area contributed by atoms with Crippen LogP contribution >= 0.6 is 27.5 Å². The largest absolute Gasteiger partial charge is 0.490 e. The Labute approximate surface area is 192 Å². The first-order valence-electron chi connectivity index (χ1n) is 9.46. The second-order valence-corrected chi connectivity index (χ2v) is 7.85. The molecule has 0 aliphatic rings. The van der Waals surface area contributed by atoms with E-state index in [0.29, 0.717) is 35.4 Å². The van der Waals surface area contributed by atoms with Crippen LogP contribution in [-0.4, -0.2) is 17.7 Å². The van der Waals surface area contributed by atoms with Gasteiger partial charge in [-0.25, -0.2) is 9.18 Å². The standard InChI is InChI=1S/C23H20BrClFNO4/c1-2-30-21-10-16(12-27-20-9-15(23(28)29)5-8-19(20)25)18(24)11-22(21)31-13-14-3-6-17(26)7-4-14/h3-11,27H,2,12-13H2,1H3,(H,28,29). The number of rotatable bonds is 9. The Hall–Kier alpha value is -2.77. The molecule has 0 heterocycles. The summed E-state index contributed by atoms with van der Waals surface area (Å²) < 4.78 is 25.5. The van der Waals surface area contributed by atoms with E-state index in [9.17, 15) is 14.3 Å². The number of aromatic carboxylic acids is 1. The van der Waals surface area contributed by atoms with Crippen LogP contribution in [0.3, 0.4) is 0 Å². The minimum Gasteiger partial charge on any atom is -0.490 e. The minimum absolute atomic E-state index is 0.144. The molecule has 0 atom stereocenters. The lowest BCUT2D eigenvalue weighted by atomic mass is 10.1. The number of benzene rings is 3. The number of nitrogens with one attached hydrogen (secondary N) is 1. The topological polar surface area (TPSA) is 67.8 Å². The Balaban J connectivity index is 1.77. The molecule has 0 aromatic heterocycles. The zero-order valence-electron chi connectivity index (χ0n) is 16.6. The molecule has 3 aromatic carbocycles. The van der Waals surface area contributed by atoms with Gasteiger partial charge in [0.25, 0.3) is 0 Å². The van der Waals surface area contributed by atoms with Crippen LogP contribution in [0.25, 0.3) is 0 Å². The van der Waals surface area contributed by atoms with Gasteiger partial charge in [-0.15, -0.1) is 0 Å². The molecule has 0 aliphatic carbocycles. The fourth-order valence-electron chi connectivity index (χ4n) is 2.82. The summed E-state index contributed by atoms with van der Waals surface area (Å²) in [5.41, 5.74) is 2.36. The normalized spacial score (nSPS) is 10.6. The Morgan fingerprint density at radius 1 is 1.10 bits per heavy atom. The number of hydrogen-bond acceptors (Lipinski definition) is 4. The van der Waals surface area contributed by atoms with E-state index >= 15 is 0 Å². The maximum absolute atomic E-state index is 13.1. The van der Waals surface area contributed by atoms with Crippen molar-refractivity contribution in [1.29, 1.82) is 0 Å². The van der Waals surface area contributed by atoms with Crippen molar-refractivity contribution < 1.29 is 23.8 Å². The summed E-state index contributed by atoms with van der Waals surface area (Å²) in [5.74, 6) is -0.211. The van der Waals surface area contributed by atoms with Crippen molar-refractivity contribution in [1.82, 2.24) is 0 Å². The number of carboxylic acids is 1. The quantitative estimate of drug-likeness (QED) is 0.344. The highest BCUT2D eigenvalue weighted by Crippen LogP contribution is 2.35. The first-order chi connectivity index (χ1) is 14.9. The van der Waals surface area contributed by atoms with Gasteiger partial charge in [0.05, 0.1) is 22.9 Å². The lowest BCUT2D eigenvalue weighted by Gasteiger charge is -2.16. The predicted octanol–water partition coefficient (Wildman–Crippen LogP) is 6.53. The van der Waals surface area contributed by atoms with E-state index in [-0.39, 0.29) is 18.0 Å². The van der Waals surface area contributed by atoms with E-state index in [1.165, 1.54) is 24.3 Å². The SMILES string of the molecule is CCOc1cc(CNc2cc(C(=O)O)ccc2Cl)c(Br)cc1OCc1ccc(F)cc1. The Kier molecular flexibility index (Phi) is 7.76. The summed E-state index contributed by atoms with van der Waals surface area (Å²) in [6.07, 6.45) is 0. The fourth-order valence-corrected chi connectivity index (χ4v) is 3.47. The molecule has 0 saturated carbocycles. The van der Waals surface area contributed by atoms with Crippen LogP contribution < -0.4 is 14.8 Å². The number of carbonyl (C=O) groups is 1. The van der Waals surface area contributed by atoms with Crippen LogP contribution in [0, 0.1) is 5.82 Å². The highest BCUT2D eigenvalue weighted by atomic mass is 79.9. The van der Waals surface area contributed by atoms with Crippen molar-refractivity contribution in [3.8, 4) is 11.5 Å². The molecule has 5 nitrogen and oxygen atoms in total. The molecule has 3 rings (SSSR count). The monoisotopic (exact) mass is 507 g/mol. The maximum Gasteiger partial charge on any atom is 0.335 e. The number of anilines is 1. The zero-order valence-corrected chi connectivity index (χ0v) is 19.0. The average molecular weight is 509 g/mol. The second-order valence-electron chi connectivity index (χ2n) is 6.59. The molecule has 0 unspecified atom stereocenters. The Bertz CT molecular complexity index is 1080. The number of ether oxygens (including phenoxy) is 2. The van der Waals surface area contributed by atoms with E-state index in [0.717, 1.165) is 15.6 Å². The summed E-state index contributed by atoms with van der Waals surface area (Å²) in [5, 5.41) is 12.8. The highest BCUT2D eigenvalue weighted by molar-refractivity contribution is 9.10. The third-order valence-electron chi connectivity index (χ3n) is 4.40. The molecule has 2 N–H and O–H groups in total. The molecule has 8 heteroatoms. The first-order valence-corrected chi connectivity index (χ1v) is 10.6. The maximum atomic E-state index is 13.1. The first kappa shape index (κ1) is 22.9. The molecule has 0 saturated heterocycles. The van der Waals surface area contributed by atoms with Crippen molar-refractivity contribution in [2.75, 3.05) is 11.9 Å². The van der Waals surface area contributed by atoms with E-state index in [2.05, 4.69) is 21.2 Å². The van der Waals surface area contributed by atoms with Gasteiger partial charge in [-0.1, -0.05) is 39.7 Å². The number of carboxylic acid groups (broad SMARTS) is 1. The molecule has 162 valence electrons. The molecule has 0 aliphatic heterocycles. The van der Waals surface area contributed by atoms with Crippen LogP contribution in [0.2, 0.25) is 5.02 Å². The van der Waals surface area contributed by atoms with Gasteiger partial charge in [0.2, 0.25) is 0 Å². The summed E-state index contributed by atoms with van der Waals surface area (Å²) >= 11 is 9.73. The van der Waals surface area contributed by atoms with E-state index < -0.39 is 5.97 Å². The molecule has 3 aromatic rings. The van der Waals surface area contributed by atoms with Crippen LogP contribution in [-0.2, 0) is 13.2 Å². The summed E-state index contributed by atoms with van der Waals surface area (Å²) in [6.45, 7) is 2.97. The molecule has 0 bridgehead atoms. The third kappa shape index (κ3) is 6.12. The lowest BCUT2D eigenvalue weighted by molar-refractivity contribution is 0.0697. The summed E-state index contributed by atoms with van der Waals surface area (Å²) in [4.78, 5) is 11.2. The molecule has 31 heavy (non-hydrogen) atoms. The smallest absolute Gasteiger partial charge is 0.335 e. The van der Waals surface area contributed by atoms with Gasteiger partial charge in [-0.3, -0.25) is 0 Å². The molecule has 0 radical (unpaired) electrons. The van der Waals surface area contributed by atoms with Crippen molar-refractivity contribution in [3.63, 3.8) is 0 Å². The van der Waals surface area contributed by atoms with E-state index in [4.69, 9.17) is 21.1 Å². The van der Waals surface area contributed by atoms with Gasteiger partial charge in [0, 0.05) is 11.0 Å². The molecular formula is C23H20BrClFNO4. The fraction of sp³-hybridized carbons (Fsp3) is 0.174. The molecule has 0 amide bonds. The summed E-state index contributed by atoms with van der Waals surface area (Å²) in [7, 11) is 0. The number of hydrogen-bond donors (Lipinski definition) is 2. The highest BCUT2D eigenvalue weighted by Gasteiger charge is 2.13. The van der Waals surface area contributed by atoms with Gasteiger partial charge < -0.3 is 19.9 Å². The van der Waals surface area contributed by atoms with E-state index in [1.54, 1.807) is 24.3 Å². The van der Waals surface area contributed by atoms with Gasteiger partial charge in [0.1, 0.15) is 12.4 Å². The van der Waals surface area contributed by atoms with Crippen LogP contribution in [0.1, 0.15) is 28.4 Å². The van der Waals surface area contributed by atoms with Gasteiger partial charge in [0.15, 0.2) is 11.5 Å². The number of halogens is 3. The van der Waals surface area contributed by atoms with Crippen LogP contribution in [0.4, 0.5) is 10.1 Å². The van der Waals surface area contributed by atoms with Gasteiger partial charge in [-0.2, -0.15) is 0 Å². The summed E-state index contributed by atoms with van der Waals surface area (Å²) in [6, 6.07) is 14.2. The van der Waals surface area contributed by atoms with Crippen LogP contribution in [0.15, 0.2) is 59.1 Å². The van der Waals surface area contributed by atoms with Crippen LogP contribution in [0.5, 0.6) is 11.5 Å². The molecule has 0 spiro atoms. The second kappa shape index (κ2) is 10.5. The Morgan fingerprint density at radius 3 is 2.48 bits per heavy atom. The minimum atomic E-state index is -1.03. The van der Waals surface area contributed by atoms with Crippen molar-refractivity contribution in [3.05, 3.63) is 86.6 Å². The third-order valence-corrected chi connectivity index (χ3v) is 5.47. The van der Waals surface area contributed by atoms with Gasteiger partial charge >= 0.3 is 5.97 Å². The van der Waals surface area contributed by atoms with Crippen molar-refractivity contribution in [2.24, 2.45) is 0 Å². The molecular weight excluding hydrogens is 489 g/mol. The molecule has 0 fully saturated rings. The van der Waals surface area contributed by atoms with Crippen molar-refractivity contribution in [2.45, 2.75) is 20.1 Å². The predicted molar refractivity (Wildman–Crippen MR) is 122 cm³/mol.